The van der Waals surface area contributed by atoms with Crippen LogP contribution >= 0.6 is 0 Å². The zero-order valence-corrected chi connectivity index (χ0v) is 16.5. The van der Waals surface area contributed by atoms with Crippen LogP contribution in [0.1, 0.15) is 62.0 Å². The average Bonchev–Trinajstić information content (AvgIpc) is 2.60. The van der Waals surface area contributed by atoms with Gasteiger partial charge in [-0.3, -0.25) is 9.59 Å². The fourth-order valence-corrected chi connectivity index (χ4v) is 3.17. The standard InChI is InChI=1S/C23H26N2O2/c1-14(2)19-13-21(26)25-20-12-17(10-11-18(19)20)24-22(27)15-6-8-16(9-7-15)23(3,4)5/h6-14H,1-5H3,(H,24,27)(H,25,26). The fraction of sp³-hybridized carbons (Fsp3) is 0.304. The molecule has 0 radical (unpaired) electrons. The lowest BCUT2D eigenvalue weighted by Gasteiger charge is -2.19. The Balaban J connectivity index is 1.88. The number of benzene rings is 2. The number of hydrogen-bond acceptors (Lipinski definition) is 2. The maximum Gasteiger partial charge on any atom is 0.255 e. The van der Waals surface area contributed by atoms with Gasteiger partial charge >= 0.3 is 0 Å². The van der Waals surface area contributed by atoms with E-state index in [4.69, 9.17) is 0 Å². The third-order valence-corrected chi connectivity index (χ3v) is 4.77. The van der Waals surface area contributed by atoms with Gasteiger partial charge in [-0.2, -0.15) is 0 Å². The predicted molar refractivity (Wildman–Crippen MR) is 112 cm³/mol. The summed E-state index contributed by atoms with van der Waals surface area (Å²) in [5.41, 5.74) is 4.09. The molecule has 27 heavy (non-hydrogen) atoms. The van der Waals surface area contributed by atoms with Crippen LogP contribution in [0.15, 0.2) is 53.3 Å². The first kappa shape index (κ1) is 18.9. The summed E-state index contributed by atoms with van der Waals surface area (Å²) in [7, 11) is 0. The van der Waals surface area contributed by atoms with Gasteiger partial charge in [0.15, 0.2) is 0 Å². The molecule has 0 bridgehead atoms. The summed E-state index contributed by atoms with van der Waals surface area (Å²) < 4.78 is 0. The molecule has 1 aromatic heterocycles. The molecule has 140 valence electrons. The lowest BCUT2D eigenvalue weighted by atomic mass is 9.87. The van der Waals surface area contributed by atoms with E-state index in [9.17, 15) is 9.59 Å². The number of aromatic amines is 1. The van der Waals surface area contributed by atoms with E-state index in [1.54, 1.807) is 6.07 Å². The third kappa shape index (κ3) is 4.11. The zero-order chi connectivity index (χ0) is 19.8. The summed E-state index contributed by atoms with van der Waals surface area (Å²) in [4.78, 5) is 27.4. The molecule has 4 nitrogen and oxygen atoms in total. The second-order valence-corrected chi connectivity index (χ2v) is 8.29. The monoisotopic (exact) mass is 362 g/mol. The van der Waals surface area contributed by atoms with Crippen molar-refractivity contribution in [2.75, 3.05) is 5.32 Å². The minimum atomic E-state index is -0.169. The summed E-state index contributed by atoms with van der Waals surface area (Å²) in [6, 6.07) is 14.9. The molecule has 1 heterocycles. The molecule has 0 fully saturated rings. The van der Waals surface area contributed by atoms with Gasteiger partial charge < -0.3 is 10.3 Å². The van der Waals surface area contributed by atoms with Crippen molar-refractivity contribution in [1.29, 1.82) is 0 Å². The number of nitrogens with one attached hydrogen (secondary N) is 2. The number of anilines is 1. The molecule has 4 heteroatoms. The highest BCUT2D eigenvalue weighted by Crippen LogP contribution is 2.26. The Morgan fingerprint density at radius 1 is 1.00 bits per heavy atom. The average molecular weight is 362 g/mol. The number of aromatic nitrogens is 1. The van der Waals surface area contributed by atoms with E-state index < -0.39 is 0 Å². The van der Waals surface area contributed by atoms with Crippen molar-refractivity contribution < 1.29 is 4.79 Å². The van der Waals surface area contributed by atoms with Crippen LogP contribution in [0, 0.1) is 0 Å². The summed E-state index contributed by atoms with van der Waals surface area (Å²) >= 11 is 0. The van der Waals surface area contributed by atoms with Crippen molar-refractivity contribution in [3.63, 3.8) is 0 Å². The normalized spacial score (nSPS) is 11.8. The Bertz CT molecular complexity index is 1040. The first-order valence-electron chi connectivity index (χ1n) is 9.24. The van der Waals surface area contributed by atoms with Crippen LogP contribution in [0.5, 0.6) is 0 Å². The number of H-pyrrole nitrogens is 1. The maximum atomic E-state index is 12.6. The number of rotatable bonds is 3. The van der Waals surface area contributed by atoms with Gasteiger partial charge in [-0.1, -0.05) is 52.8 Å². The number of pyridine rings is 1. The maximum absolute atomic E-state index is 12.6. The molecular formula is C23H26N2O2. The van der Waals surface area contributed by atoms with Crippen molar-refractivity contribution in [1.82, 2.24) is 4.98 Å². The van der Waals surface area contributed by atoms with Crippen LogP contribution < -0.4 is 10.9 Å². The van der Waals surface area contributed by atoms with Crippen LogP contribution in [0.2, 0.25) is 0 Å². The topological polar surface area (TPSA) is 62.0 Å². The van der Waals surface area contributed by atoms with Crippen LogP contribution in [-0.2, 0) is 5.41 Å². The lowest BCUT2D eigenvalue weighted by molar-refractivity contribution is 0.102. The lowest BCUT2D eigenvalue weighted by Crippen LogP contribution is -2.14. The molecule has 3 aromatic rings. The van der Waals surface area contributed by atoms with Gasteiger partial charge in [-0.25, -0.2) is 0 Å². The fourth-order valence-electron chi connectivity index (χ4n) is 3.17. The molecule has 1 amide bonds. The number of fused-ring (bicyclic) bond motifs is 1. The van der Waals surface area contributed by atoms with E-state index >= 15 is 0 Å². The van der Waals surface area contributed by atoms with E-state index in [-0.39, 0.29) is 22.8 Å². The van der Waals surface area contributed by atoms with Crippen LogP contribution in [0.4, 0.5) is 5.69 Å². The summed E-state index contributed by atoms with van der Waals surface area (Å²) in [6.45, 7) is 10.5. The predicted octanol–water partition coefficient (Wildman–Crippen LogP) is 5.20. The van der Waals surface area contributed by atoms with Crippen molar-refractivity contribution in [2.45, 2.75) is 46.0 Å². The van der Waals surface area contributed by atoms with E-state index in [0.717, 1.165) is 16.5 Å². The van der Waals surface area contributed by atoms with Gasteiger partial charge in [0, 0.05) is 22.7 Å². The highest BCUT2D eigenvalue weighted by molar-refractivity contribution is 6.05. The Morgan fingerprint density at radius 3 is 2.26 bits per heavy atom. The molecule has 0 saturated carbocycles. The first-order chi connectivity index (χ1) is 12.6. The van der Waals surface area contributed by atoms with E-state index in [1.807, 2.05) is 42.5 Å². The van der Waals surface area contributed by atoms with Crippen molar-refractivity contribution in [2.24, 2.45) is 0 Å². The van der Waals surface area contributed by atoms with Crippen LogP contribution in [-0.4, -0.2) is 10.9 Å². The number of hydrogen-bond donors (Lipinski definition) is 2. The highest BCUT2D eigenvalue weighted by atomic mass is 16.1. The Hall–Kier alpha value is -2.88. The van der Waals surface area contributed by atoms with Gasteiger partial charge in [0.2, 0.25) is 5.56 Å². The van der Waals surface area contributed by atoms with Gasteiger partial charge in [0.25, 0.3) is 5.91 Å². The highest BCUT2D eigenvalue weighted by Gasteiger charge is 2.15. The van der Waals surface area contributed by atoms with E-state index in [0.29, 0.717) is 11.3 Å². The van der Waals surface area contributed by atoms with Crippen molar-refractivity contribution in [3.8, 4) is 0 Å². The second kappa shape index (κ2) is 7.03. The van der Waals surface area contributed by atoms with E-state index in [2.05, 4.69) is 44.9 Å². The zero-order valence-electron chi connectivity index (χ0n) is 16.5. The molecule has 0 aliphatic rings. The van der Waals surface area contributed by atoms with Crippen molar-refractivity contribution in [3.05, 3.63) is 75.6 Å². The summed E-state index contributed by atoms with van der Waals surface area (Å²) in [5, 5.41) is 3.91. The molecular weight excluding hydrogens is 336 g/mol. The van der Waals surface area contributed by atoms with Gasteiger partial charge in [-0.15, -0.1) is 0 Å². The van der Waals surface area contributed by atoms with Gasteiger partial charge in [0.05, 0.1) is 5.52 Å². The molecule has 2 N–H and O–H groups in total. The van der Waals surface area contributed by atoms with Gasteiger partial charge in [0.1, 0.15) is 0 Å². The molecule has 0 atom stereocenters. The number of carbonyl (C=O) groups is 1. The Kier molecular flexibility index (Phi) is 4.92. The number of carbonyl (C=O) groups excluding carboxylic acids is 1. The minimum absolute atomic E-state index is 0.0490. The van der Waals surface area contributed by atoms with Crippen molar-refractivity contribution >= 4 is 22.5 Å². The smallest absolute Gasteiger partial charge is 0.255 e. The van der Waals surface area contributed by atoms with Crippen LogP contribution in [0.3, 0.4) is 0 Å². The Labute approximate surface area is 159 Å². The largest absolute Gasteiger partial charge is 0.322 e. The Morgan fingerprint density at radius 2 is 1.67 bits per heavy atom. The minimum Gasteiger partial charge on any atom is -0.322 e. The molecule has 3 rings (SSSR count). The quantitative estimate of drug-likeness (QED) is 0.672. The first-order valence-corrected chi connectivity index (χ1v) is 9.24. The van der Waals surface area contributed by atoms with Crippen LogP contribution in [0.25, 0.3) is 10.9 Å². The second-order valence-electron chi connectivity index (χ2n) is 8.29. The molecule has 0 aliphatic heterocycles. The SMILES string of the molecule is CC(C)c1cc(=O)[nH]c2cc(NC(=O)c3ccc(C(C)(C)C)cc3)ccc12. The molecule has 0 spiro atoms. The molecule has 0 saturated heterocycles. The third-order valence-electron chi connectivity index (χ3n) is 4.77. The summed E-state index contributed by atoms with van der Waals surface area (Å²) in [5.74, 6) is 0.0775. The molecule has 0 aliphatic carbocycles. The molecule has 0 unspecified atom stereocenters. The summed E-state index contributed by atoms with van der Waals surface area (Å²) in [6.07, 6.45) is 0. The van der Waals surface area contributed by atoms with Gasteiger partial charge in [-0.05, 0) is 46.7 Å². The van der Waals surface area contributed by atoms with E-state index in [1.165, 1.54) is 5.56 Å². The number of amides is 1. The molecule has 2 aromatic carbocycles.